The van der Waals surface area contributed by atoms with Crippen molar-refractivity contribution in [3.8, 4) is 5.92 Å². The van der Waals surface area contributed by atoms with Gasteiger partial charge in [-0.25, -0.2) is 0 Å². The molecule has 3 heteroatoms. The number of rotatable bonds is 11. The van der Waals surface area contributed by atoms with Crippen LogP contribution < -0.4 is 31.8 Å². The van der Waals surface area contributed by atoms with E-state index in [9.17, 15) is 0 Å². The molecule has 1 fully saturated rings. The largest absolute Gasteiger partial charge is 2.00 e. The molecule has 67 heavy (non-hydrogen) atoms. The second-order valence-electron chi connectivity index (χ2n) is 15.4. The zero-order valence-corrected chi connectivity index (χ0v) is 41.1. The van der Waals surface area contributed by atoms with E-state index < -0.39 is 21.3 Å². The van der Waals surface area contributed by atoms with Gasteiger partial charge in [-0.3, -0.25) is 0 Å². The Labute approximate surface area is 416 Å². The minimum atomic E-state index is -0.475. The van der Waals surface area contributed by atoms with E-state index in [4.69, 9.17) is 6.42 Å². The Balaban J connectivity index is 0.000000151. The molecule has 10 rings (SSSR count). The quantitative estimate of drug-likeness (QED) is 0.0398. The van der Waals surface area contributed by atoms with Crippen LogP contribution in [0.1, 0.15) is 24.0 Å². The summed E-state index contributed by atoms with van der Waals surface area (Å²) in [6, 6.07) is 85.0. The summed E-state index contributed by atoms with van der Waals surface area (Å²) in [7, 11) is -0.892. The topological polar surface area (TPSA) is 0 Å². The van der Waals surface area contributed by atoms with E-state index in [-0.39, 0.29) is 19.5 Å². The average Bonchev–Trinajstić information content (AvgIpc) is 3.90. The Morgan fingerprint density at radius 2 is 0.657 bits per heavy atom. The third-order valence-electron chi connectivity index (χ3n) is 11.1. The second-order valence-corrected chi connectivity index (χ2v) is 19.9. The standard InChI is InChI=1S/C19H17.2C18H15P.C9H7.Ru/c1-3-5-16-19(4-2,17-12-8-6-9-13-17)18-14-10-7-11-15-18;2*1-4-10-16(11-5-1)19(17-12-6-2-7-13-17)18-14-8-3-9-15-18;1-2-5-9-7-3-6-8(9)4-1;/h3,6-15H,1,5,16H2;2*1-15H;1-7H;/q-1;;;;+2. The molecular weight excluding hydrogens is 932 g/mol. The van der Waals surface area contributed by atoms with Crippen molar-refractivity contribution in [1.29, 1.82) is 0 Å². The van der Waals surface area contributed by atoms with Gasteiger partial charge in [0.15, 0.2) is 0 Å². The van der Waals surface area contributed by atoms with Crippen LogP contribution in [0.3, 0.4) is 0 Å². The van der Waals surface area contributed by atoms with Crippen molar-refractivity contribution in [1.82, 2.24) is 0 Å². The van der Waals surface area contributed by atoms with E-state index in [2.05, 4.69) is 262 Å². The van der Waals surface area contributed by atoms with Gasteiger partial charge in [0.2, 0.25) is 0 Å². The molecule has 0 N–H and O–H groups in total. The fraction of sp³-hybridized carbons (Fsp3) is 0.0469. The molecule has 0 amide bonds. The molecule has 0 unspecified atom stereocenters. The van der Waals surface area contributed by atoms with E-state index in [1.54, 1.807) is 0 Å². The first-order chi connectivity index (χ1) is 32.7. The molecule has 8 aromatic carbocycles. The zero-order valence-electron chi connectivity index (χ0n) is 37.6. The summed E-state index contributed by atoms with van der Waals surface area (Å²) in [6.07, 6.45) is 26.1. The maximum absolute atomic E-state index is 7.88. The first-order valence-electron chi connectivity index (χ1n) is 22.4. The van der Waals surface area contributed by atoms with Crippen LogP contribution in [-0.2, 0) is 24.9 Å². The summed E-state index contributed by atoms with van der Waals surface area (Å²) >= 11 is 0. The maximum atomic E-state index is 7.88. The summed E-state index contributed by atoms with van der Waals surface area (Å²) in [5.41, 5.74) is 1.74. The Morgan fingerprint density at radius 1 is 0.403 bits per heavy atom. The summed E-state index contributed by atoms with van der Waals surface area (Å²) in [5, 5.41) is 8.39. The van der Waals surface area contributed by atoms with Crippen molar-refractivity contribution in [2.75, 3.05) is 0 Å². The molecular formula is C64H54P2Ru+. The van der Waals surface area contributed by atoms with Crippen LogP contribution in [0.15, 0.2) is 280 Å². The molecule has 8 aromatic rings. The number of hydrogen-bond donors (Lipinski definition) is 0. The molecule has 327 valence electrons. The van der Waals surface area contributed by atoms with Crippen LogP contribution in [0.5, 0.6) is 0 Å². The van der Waals surface area contributed by atoms with Gasteiger partial charge in [-0.15, -0.1) is 6.58 Å². The van der Waals surface area contributed by atoms with E-state index in [0.29, 0.717) is 0 Å². The fourth-order valence-corrected chi connectivity index (χ4v) is 12.5. The van der Waals surface area contributed by atoms with Crippen molar-refractivity contribution < 1.29 is 19.5 Å². The molecule has 0 aromatic heterocycles. The van der Waals surface area contributed by atoms with E-state index in [1.165, 1.54) is 43.7 Å². The van der Waals surface area contributed by atoms with Crippen molar-refractivity contribution in [3.63, 3.8) is 0 Å². The molecule has 5 radical (unpaired) electrons. The first-order valence-corrected chi connectivity index (χ1v) is 25.1. The molecule has 2 aliphatic rings. The van der Waals surface area contributed by atoms with Gasteiger partial charge in [0.25, 0.3) is 0 Å². The van der Waals surface area contributed by atoms with E-state index >= 15 is 0 Å². The molecule has 0 atom stereocenters. The molecule has 1 saturated carbocycles. The molecule has 0 nitrogen and oxygen atoms in total. The minimum absolute atomic E-state index is 0. The molecule has 0 spiro atoms. The SMILES string of the molecule is [C-]#CC(CCC=C)(c1ccccc1)c1ccccc1.[CH]1[CH][C]2C=CC=C[C]2[CH]1.[Ru+2].c1ccc(P(c2ccccc2)c2ccccc2)cc1.c1ccc(P(c2ccccc2)c2ccccc2)cc1. The summed E-state index contributed by atoms with van der Waals surface area (Å²) in [4.78, 5) is 0. The third-order valence-corrected chi connectivity index (χ3v) is 16.0. The zero-order chi connectivity index (χ0) is 45.5. The molecule has 0 heterocycles. The van der Waals surface area contributed by atoms with Gasteiger partial charge in [-0.05, 0) is 90.9 Å². The van der Waals surface area contributed by atoms with Gasteiger partial charge >= 0.3 is 19.5 Å². The Bertz CT molecular complexity index is 2320. The van der Waals surface area contributed by atoms with Gasteiger partial charge < -0.3 is 12.3 Å². The van der Waals surface area contributed by atoms with Gasteiger partial charge in [-0.2, -0.15) is 0 Å². The van der Waals surface area contributed by atoms with Crippen molar-refractivity contribution in [2.45, 2.75) is 18.3 Å². The van der Waals surface area contributed by atoms with Gasteiger partial charge in [-0.1, -0.05) is 273 Å². The molecule has 0 bridgehead atoms. The molecule has 2 aliphatic carbocycles. The van der Waals surface area contributed by atoms with E-state index in [1.807, 2.05) is 42.5 Å². The number of fused-ring (bicyclic) bond motifs is 1. The second kappa shape index (κ2) is 27.6. The fourth-order valence-electron chi connectivity index (χ4n) is 7.85. The Kier molecular flexibility index (Phi) is 20.8. The van der Waals surface area contributed by atoms with Crippen molar-refractivity contribution in [3.05, 3.63) is 328 Å². The van der Waals surface area contributed by atoms with Gasteiger partial charge in [0.1, 0.15) is 0 Å². The van der Waals surface area contributed by atoms with Gasteiger partial charge in [0, 0.05) is 17.3 Å². The van der Waals surface area contributed by atoms with Crippen molar-refractivity contribution in [2.24, 2.45) is 0 Å². The summed E-state index contributed by atoms with van der Waals surface area (Å²) in [6.45, 7) is 3.80. The van der Waals surface area contributed by atoms with Crippen LogP contribution in [-0.4, -0.2) is 0 Å². The normalized spacial score (nSPS) is 12.7. The average molecular weight is 986 g/mol. The van der Waals surface area contributed by atoms with Crippen LogP contribution in [0.2, 0.25) is 0 Å². The predicted molar refractivity (Wildman–Crippen MR) is 288 cm³/mol. The summed E-state index contributed by atoms with van der Waals surface area (Å²) < 4.78 is 0. The Hall–Kier alpha value is -5.98. The van der Waals surface area contributed by atoms with E-state index in [0.717, 1.165) is 24.0 Å². The maximum Gasteiger partial charge on any atom is 2.00 e. The van der Waals surface area contributed by atoms with Crippen molar-refractivity contribution >= 4 is 47.7 Å². The van der Waals surface area contributed by atoms with Crippen LogP contribution in [0, 0.1) is 43.4 Å². The third kappa shape index (κ3) is 14.3. The minimum Gasteiger partial charge on any atom is -0.692 e. The van der Waals surface area contributed by atoms with Crippen LogP contribution >= 0.6 is 15.8 Å². The number of allylic oxidation sites excluding steroid dienone is 5. The van der Waals surface area contributed by atoms with Crippen LogP contribution in [0.4, 0.5) is 0 Å². The van der Waals surface area contributed by atoms with Crippen LogP contribution in [0.25, 0.3) is 0 Å². The molecule has 0 saturated heterocycles. The molecule has 0 aliphatic heterocycles. The predicted octanol–water partition coefficient (Wildman–Crippen LogP) is 13.3. The summed E-state index contributed by atoms with van der Waals surface area (Å²) in [5.74, 6) is 5.45. The Morgan fingerprint density at radius 3 is 0.896 bits per heavy atom. The monoisotopic (exact) mass is 986 g/mol. The number of hydrogen-bond acceptors (Lipinski definition) is 0. The first kappa shape index (κ1) is 50.4. The smallest absolute Gasteiger partial charge is 0.692 e. The number of benzene rings is 8. The van der Waals surface area contributed by atoms with Gasteiger partial charge in [0.05, 0.1) is 0 Å².